The smallest absolute Gasteiger partial charge is 0.0597 e. The van der Waals surface area contributed by atoms with Crippen LogP contribution in [0.3, 0.4) is 0 Å². The van der Waals surface area contributed by atoms with Crippen molar-refractivity contribution in [3.05, 3.63) is 0 Å². The predicted octanol–water partition coefficient (Wildman–Crippen LogP) is 0.499. The lowest BCUT2D eigenvalue weighted by Crippen LogP contribution is -2.27. The Morgan fingerprint density at radius 1 is 1.67 bits per heavy atom. The van der Waals surface area contributed by atoms with E-state index in [9.17, 15) is 0 Å². The fourth-order valence-corrected chi connectivity index (χ4v) is 1.55. The molecule has 0 amide bonds. The zero-order valence-electron chi connectivity index (χ0n) is 5.21. The van der Waals surface area contributed by atoms with Gasteiger partial charge in [0.05, 0.1) is 13.2 Å². The highest BCUT2D eigenvalue weighted by atomic mass is 35.5. The quantitative estimate of drug-likeness (QED) is 0.621. The second kappa shape index (κ2) is 5.35. The summed E-state index contributed by atoms with van der Waals surface area (Å²) in [5, 5.41) is 0.559. The van der Waals surface area contributed by atoms with E-state index in [1.54, 1.807) is 0 Å². The van der Waals surface area contributed by atoms with Crippen LogP contribution in [0.25, 0.3) is 0 Å². The lowest BCUT2D eigenvalue weighted by molar-refractivity contribution is 0.144. The molecule has 0 saturated carbocycles. The Labute approximate surface area is 65.9 Å². The van der Waals surface area contributed by atoms with E-state index in [0.717, 1.165) is 25.5 Å². The summed E-state index contributed by atoms with van der Waals surface area (Å²) >= 11 is 1.91. The molecule has 1 heterocycles. The Balaban J connectivity index is 0.000000640. The Hall–Kier alpha value is 0.560. The monoisotopic (exact) mass is 169 g/mol. The molecule has 2 nitrogen and oxygen atoms in total. The van der Waals surface area contributed by atoms with E-state index >= 15 is 0 Å². The number of ether oxygens (including phenoxy) is 1. The predicted molar refractivity (Wildman–Crippen MR) is 43.4 cm³/mol. The molecule has 4 heteroatoms. The number of hydrogen-bond acceptors (Lipinski definition) is 3. The first-order chi connectivity index (χ1) is 3.93. The van der Waals surface area contributed by atoms with Crippen molar-refractivity contribution in [2.24, 2.45) is 5.73 Å². The van der Waals surface area contributed by atoms with Crippen molar-refractivity contribution in [3.8, 4) is 0 Å². The summed E-state index contributed by atoms with van der Waals surface area (Å²) in [7, 11) is 0. The van der Waals surface area contributed by atoms with Crippen molar-refractivity contribution < 1.29 is 4.74 Å². The summed E-state index contributed by atoms with van der Waals surface area (Å²) in [6, 6.07) is 0. The molecular formula is C5H12ClNOS. The van der Waals surface area contributed by atoms with Gasteiger partial charge in [-0.15, -0.1) is 12.4 Å². The van der Waals surface area contributed by atoms with Crippen molar-refractivity contribution in [3.63, 3.8) is 0 Å². The summed E-state index contributed by atoms with van der Waals surface area (Å²) in [6.07, 6.45) is 0. The van der Waals surface area contributed by atoms with E-state index in [1.165, 1.54) is 0 Å². The second-order valence-electron chi connectivity index (χ2n) is 1.80. The summed E-state index contributed by atoms with van der Waals surface area (Å²) < 4.78 is 5.17. The molecule has 1 unspecified atom stereocenters. The highest BCUT2D eigenvalue weighted by molar-refractivity contribution is 8.00. The minimum absolute atomic E-state index is 0. The molecule has 2 N–H and O–H groups in total. The molecule has 1 saturated heterocycles. The van der Waals surface area contributed by atoms with Crippen LogP contribution in [0.5, 0.6) is 0 Å². The molecule has 1 aliphatic heterocycles. The maximum Gasteiger partial charge on any atom is 0.0597 e. The molecule has 56 valence electrons. The van der Waals surface area contributed by atoms with Crippen LogP contribution in [0, 0.1) is 0 Å². The van der Waals surface area contributed by atoms with E-state index < -0.39 is 0 Å². The normalized spacial score (nSPS) is 27.0. The highest BCUT2D eigenvalue weighted by Crippen LogP contribution is 2.13. The SMILES string of the molecule is Cl.NCC1COCCS1. The first-order valence-corrected chi connectivity index (χ1v) is 3.88. The van der Waals surface area contributed by atoms with Crippen molar-refractivity contribution >= 4 is 24.2 Å². The molecule has 0 aliphatic carbocycles. The number of nitrogens with two attached hydrogens (primary N) is 1. The number of thioether (sulfide) groups is 1. The van der Waals surface area contributed by atoms with E-state index in [2.05, 4.69) is 0 Å². The minimum atomic E-state index is 0. The fourth-order valence-electron chi connectivity index (χ4n) is 0.673. The maximum absolute atomic E-state index is 5.40. The Kier molecular flexibility index (Phi) is 5.69. The average molecular weight is 170 g/mol. The standard InChI is InChI=1S/C5H11NOS.ClH/c6-3-5-4-7-1-2-8-5;/h5H,1-4,6H2;1H. The van der Waals surface area contributed by atoms with Crippen LogP contribution in [-0.2, 0) is 4.74 Å². The van der Waals surface area contributed by atoms with Gasteiger partial charge in [0.2, 0.25) is 0 Å². The van der Waals surface area contributed by atoms with Gasteiger partial charge in [-0.05, 0) is 0 Å². The van der Waals surface area contributed by atoms with Gasteiger partial charge in [-0.2, -0.15) is 11.8 Å². The summed E-state index contributed by atoms with van der Waals surface area (Å²) in [5.41, 5.74) is 5.40. The first kappa shape index (κ1) is 9.56. The summed E-state index contributed by atoms with van der Waals surface area (Å²) in [6.45, 7) is 2.51. The van der Waals surface area contributed by atoms with Crippen LogP contribution in [0.1, 0.15) is 0 Å². The molecule has 0 aromatic carbocycles. The van der Waals surface area contributed by atoms with E-state index in [0.29, 0.717) is 5.25 Å². The third-order valence-electron chi connectivity index (χ3n) is 1.15. The van der Waals surface area contributed by atoms with Crippen LogP contribution >= 0.6 is 24.2 Å². The topological polar surface area (TPSA) is 35.2 Å². The van der Waals surface area contributed by atoms with Gasteiger partial charge in [0.15, 0.2) is 0 Å². The van der Waals surface area contributed by atoms with Gasteiger partial charge in [0.1, 0.15) is 0 Å². The average Bonchev–Trinajstić information content (AvgIpc) is 1.90. The zero-order valence-corrected chi connectivity index (χ0v) is 6.84. The lowest BCUT2D eigenvalue weighted by atomic mass is 10.4. The Morgan fingerprint density at radius 3 is 2.78 bits per heavy atom. The van der Waals surface area contributed by atoms with E-state index in [4.69, 9.17) is 10.5 Å². The van der Waals surface area contributed by atoms with Gasteiger partial charge < -0.3 is 10.5 Å². The minimum Gasteiger partial charge on any atom is -0.379 e. The van der Waals surface area contributed by atoms with Gasteiger partial charge in [-0.25, -0.2) is 0 Å². The van der Waals surface area contributed by atoms with Crippen LogP contribution in [0.15, 0.2) is 0 Å². The maximum atomic E-state index is 5.40. The summed E-state index contributed by atoms with van der Waals surface area (Å²) in [4.78, 5) is 0. The fraction of sp³-hybridized carbons (Fsp3) is 1.00. The Morgan fingerprint density at radius 2 is 2.44 bits per heavy atom. The van der Waals surface area contributed by atoms with Gasteiger partial charge in [0.25, 0.3) is 0 Å². The molecule has 9 heavy (non-hydrogen) atoms. The molecule has 0 aromatic heterocycles. The van der Waals surface area contributed by atoms with Crippen molar-refractivity contribution in [2.75, 3.05) is 25.5 Å². The first-order valence-electron chi connectivity index (χ1n) is 2.83. The molecule has 1 rings (SSSR count). The molecule has 1 atom stereocenters. The van der Waals surface area contributed by atoms with Crippen molar-refractivity contribution in [1.82, 2.24) is 0 Å². The third-order valence-corrected chi connectivity index (χ3v) is 2.35. The number of rotatable bonds is 1. The summed E-state index contributed by atoms with van der Waals surface area (Å²) in [5.74, 6) is 1.11. The van der Waals surface area contributed by atoms with E-state index in [-0.39, 0.29) is 12.4 Å². The van der Waals surface area contributed by atoms with Gasteiger partial charge in [0, 0.05) is 17.5 Å². The van der Waals surface area contributed by atoms with Gasteiger partial charge in [-0.1, -0.05) is 0 Å². The molecule has 0 radical (unpaired) electrons. The van der Waals surface area contributed by atoms with Crippen LogP contribution in [0.2, 0.25) is 0 Å². The molecule has 1 aliphatic rings. The third kappa shape index (κ3) is 3.30. The van der Waals surface area contributed by atoms with Crippen molar-refractivity contribution in [1.29, 1.82) is 0 Å². The van der Waals surface area contributed by atoms with Crippen molar-refractivity contribution in [2.45, 2.75) is 5.25 Å². The number of hydrogen-bond donors (Lipinski definition) is 1. The van der Waals surface area contributed by atoms with Gasteiger partial charge >= 0.3 is 0 Å². The molecule has 0 bridgehead atoms. The zero-order chi connectivity index (χ0) is 5.82. The highest BCUT2D eigenvalue weighted by Gasteiger charge is 2.10. The van der Waals surface area contributed by atoms with Gasteiger partial charge in [-0.3, -0.25) is 0 Å². The molecule has 0 spiro atoms. The Bertz CT molecular complexity index is 68.0. The van der Waals surface area contributed by atoms with Crippen LogP contribution in [-0.4, -0.2) is 30.8 Å². The molecular weight excluding hydrogens is 158 g/mol. The largest absolute Gasteiger partial charge is 0.379 e. The number of halogens is 1. The lowest BCUT2D eigenvalue weighted by Gasteiger charge is -2.19. The van der Waals surface area contributed by atoms with E-state index in [1.807, 2.05) is 11.8 Å². The second-order valence-corrected chi connectivity index (χ2v) is 3.21. The van der Waals surface area contributed by atoms with Crippen LogP contribution < -0.4 is 5.73 Å². The van der Waals surface area contributed by atoms with Crippen LogP contribution in [0.4, 0.5) is 0 Å². The molecule has 0 aromatic rings. The molecule has 1 fully saturated rings.